The van der Waals surface area contributed by atoms with Crippen LogP contribution in [-0.2, 0) is 14.3 Å². The molecule has 0 bridgehead atoms. The zero-order valence-corrected chi connectivity index (χ0v) is 13.2. The van der Waals surface area contributed by atoms with Gasteiger partial charge in [0.25, 0.3) is 5.91 Å². The average molecular weight is 334 g/mol. The van der Waals surface area contributed by atoms with E-state index in [9.17, 15) is 14.7 Å². The lowest BCUT2D eigenvalue weighted by molar-refractivity contribution is -0.156. The molecule has 0 saturated carbocycles. The molecule has 0 aliphatic rings. The van der Waals surface area contributed by atoms with Crippen LogP contribution in [0.1, 0.15) is 17.2 Å². The van der Waals surface area contributed by atoms with Gasteiger partial charge in [0.2, 0.25) is 0 Å². The lowest BCUT2D eigenvalue weighted by atomic mass is 10.1. The lowest BCUT2D eigenvalue weighted by Gasteiger charge is -2.11. The summed E-state index contributed by atoms with van der Waals surface area (Å²) in [6, 6.07) is 13.5. The van der Waals surface area contributed by atoms with E-state index in [1.165, 1.54) is 0 Å². The number of aliphatic hydroxyl groups excluding tert-OH is 1. The maximum Gasteiger partial charge on any atom is 0.340 e. The van der Waals surface area contributed by atoms with E-state index in [1.807, 2.05) is 6.92 Å². The minimum atomic E-state index is -1.42. The smallest absolute Gasteiger partial charge is 0.340 e. The number of hydrogen-bond acceptors (Lipinski definition) is 4. The molecular weight excluding hydrogens is 318 g/mol. The maximum absolute atomic E-state index is 11.8. The van der Waals surface area contributed by atoms with Gasteiger partial charge in [-0.1, -0.05) is 48.0 Å². The van der Waals surface area contributed by atoms with Crippen LogP contribution in [-0.4, -0.2) is 23.6 Å². The summed E-state index contributed by atoms with van der Waals surface area (Å²) in [4.78, 5) is 23.5. The van der Waals surface area contributed by atoms with Gasteiger partial charge < -0.3 is 15.2 Å². The van der Waals surface area contributed by atoms with Crippen molar-refractivity contribution >= 4 is 29.2 Å². The van der Waals surface area contributed by atoms with Crippen molar-refractivity contribution in [3.63, 3.8) is 0 Å². The summed E-state index contributed by atoms with van der Waals surface area (Å²) < 4.78 is 4.81. The quantitative estimate of drug-likeness (QED) is 0.825. The van der Waals surface area contributed by atoms with Gasteiger partial charge in [-0.25, -0.2) is 4.79 Å². The SMILES string of the molecule is Cc1ccc(NC(=O)COC(=O)[C@@H](O)c2ccccc2)c(Cl)c1. The first-order valence-electron chi connectivity index (χ1n) is 6.93. The second-order valence-corrected chi connectivity index (χ2v) is 5.36. The number of halogens is 1. The van der Waals surface area contributed by atoms with Gasteiger partial charge in [0, 0.05) is 0 Å². The van der Waals surface area contributed by atoms with Gasteiger partial charge in [-0.05, 0) is 30.2 Å². The van der Waals surface area contributed by atoms with E-state index in [4.69, 9.17) is 16.3 Å². The normalized spacial score (nSPS) is 11.6. The van der Waals surface area contributed by atoms with Crippen LogP contribution < -0.4 is 5.32 Å². The maximum atomic E-state index is 11.8. The first-order chi connectivity index (χ1) is 11.0. The minimum absolute atomic E-state index is 0.397. The van der Waals surface area contributed by atoms with Crippen molar-refractivity contribution in [1.29, 1.82) is 0 Å². The Morgan fingerprint density at radius 2 is 1.91 bits per heavy atom. The molecule has 23 heavy (non-hydrogen) atoms. The number of amides is 1. The second-order valence-electron chi connectivity index (χ2n) is 4.95. The van der Waals surface area contributed by atoms with Crippen LogP contribution in [0.4, 0.5) is 5.69 Å². The van der Waals surface area contributed by atoms with Crippen LogP contribution in [0.5, 0.6) is 0 Å². The summed E-state index contributed by atoms with van der Waals surface area (Å²) in [7, 11) is 0. The van der Waals surface area contributed by atoms with Gasteiger partial charge in [0.15, 0.2) is 12.7 Å². The molecule has 0 spiro atoms. The van der Waals surface area contributed by atoms with Crippen molar-refractivity contribution in [3.8, 4) is 0 Å². The highest BCUT2D eigenvalue weighted by Crippen LogP contribution is 2.22. The highest BCUT2D eigenvalue weighted by atomic mass is 35.5. The molecule has 0 aromatic heterocycles. The van der Waals surface area contributed by atoms with Crippen molar-refractivity contribution in [2.75, 3.05) is 11.9 Å². The number of nitrogens with one attached hydrogen (secondary N) is 1. The van der Waals surface area contributed by atoms with Crippen molar-refractivity contribution in [1.82, 2.24) is 0 Å². The fourth-order valence-electron chi connectivity index (χ4n) is 1.89. The number of carbonyl (C=O) groups excluding carboxylic acids is 2. The summed E-state index contributed by atoms with van der Waals surface area (Å²) in [5, 5.41) is 12.8. The molecule has 2 N–H and O–H groups in total. The van der Waals surface area contributed by atoms with E-state index in [0.717, 1.165) is 5.56 Å². The average Bonchev–Trinajstić information content (AvgIpc) is 2.55. The Bertz CT molecular complexity index is 703. The van der Waals surface area contributed by atoms with Gasteiger partial charge in [-0.2, -0.15) is 0 Å². The van der Waals surface area contributed by atoms with Crippen molar-refractivity contribution in [2.45, 2.75) is 13.0 Å². The monoisotopic (exact) mass is 333 g/mol. The third kappa shape index (κ3) is 4.81. The third-order valence-electron chi connectivity index (χ3n) is 3.08. The Hall–Kier alpha value is -2.37. The number of carbonyl (C=O) groups is 2. The molecule has 2 aromatic rings. The molecule has 0 fully saturated rings. The third-order valence-corrected chi connectivity index (χ3v) is 3.40. The van der Waals surface area contributed by atoms with Crippen LogP contribution in [0.3, 0.4) is 0 Å². The predicted octanol–water partition coefficient (Wildman–Crippen LogP) is 2.86. The first kappa shape index (κ1) is 17.0. The van der Waals surface area contributed by atoms with Gasteiger partial charge in [0.1, 0.15) is 0 Å². The van der Waals surface area contributed by atoms with Crippen LogP contribution in [0.15, 0.2) is 48.5 Å². The molecule has 1 atom stereocenters. The minimum Gasteiger partial charge on any atom is -0.453 e. The molecule has 0 radical (unpaired) electrons. The predicted molar refractivity (Wildman–Crippen MR) is 87.2 cm³/mol. The van der Waals surface area contributed by atoms with Crippen molar-refractivity contribution in [3.05, 3.63) is 64.7 Å². The Kier molecular flexibility index (Phi) is 5.73. The molecule has 2 aromatic carbocycles. The van der Waals surface area contributed by atoms with Crippen LogP contribution >= 0.6 is 11.6 Å². The van der Waals surface area contributed by atoms with Crippen molar-refractivity contribution < 1.29 is 19.4 Å². The molecule has 0 heterocycles. The van der Waals surface area contributed by atoms with E-state index in [-0.39, 0.29) is 0 Å². The Balaban J connectivity index is 1.87. The van der Waals surface area contributed by atoms with E-state index in [1.54, 1.807) is 48.5 Å². The summed E-state index contributed by atoms with van der Waals surface area (Å²) >= 11 is 6.00. The summed E-state index contributed by atoms with van der Waals surface area (Å²) in [5.74, 6) is -1.43. The van der Waals surface area contributed by atoms with Gasteiger partial charge >= 0.3 is 5.97 Å². The fourth-order valence-corrected chi connectivity index (χ4v) is 2.18. The van der Waals surface area contributed by atoms with E-state index in [2.05, 4.69) is 5.32 Å². The van der Waals surface area contributed by atoms with E-state index >= 15 is 0 Å². The summed E-state index contributed by atoms with van der Waals surface area (Å²) in [5.41, 5.74) is 1.80. The highest BCUT2D eigenvalue weighted by molar-refractivity contribution is 6.33. The number of benzene rings is 2. The molecule has 120 valence electrons. The van der Waals surface area contributed by atoms with Gasteiger partial charge in [-0.15, -0.1) is 0 Å². The van der Waals surface area contributed by atoms with Crippen LogP contribution in [0.25, 0.3) is 0 Å². The van der Waals surface area contributed by atoms with Crippen LogP contribution in [0.2, 0.25) is 5.02 Å². The van der Waals surface area contributed by atoms with E-state index < -0.39 is 24.6 Å². The number of ether oxygens (including phenoxy) is 1. The lowest BCUT2D eigenvalue weighted by Crippen LogP contribution is -2.24. The zero-order chi connectivity index (χ0) is 16.8. The largest absolute Gasteiger partial charge is 0.453 e. The summed E-state index contributed by atoms with van der Waals surface area (Å²) in [6.07, 6.45) is -1.42. The number of esters is 1. The Labute approximate surface area is 138 Å². The topological polar surface area (TPSA) is 75.6 Å². The fraction of sp³-hybridized carbons (Fsp3) is 0.176. The Morgan fingerprint density at radius 1 is 1.22 bits per heavy atom. The number of aliphatic hydroxyl groups is 1. The van der Waals surface area contributed by atoms with Gasteiger partial charge in [-0.3, -0.25) is 4.79 Å². The van der Waals surface area contributed by atoms with Crippen molar-refractivity contribution in [2.24, 2.45) is 0 Å². The molecule has 0 saturated heterocycles. The molecule has 0 aliphatic carbocycles. The molecule has 0 unspecified atom stereocenters. The number of hydrogen-bond donors (Lipinski definition) is 2. The summed E-state index contributed by atoms with van der Waals surface area (Å²) in [6.45, 7) is 1.37. The van der Waals surface area contributed by atoms with E-state index in [0.29, 0.717) is 16.3 Å². The molecular formula is C17H16ClNO4. The first-order valence-corrected chi connectivity index (χ1v) is 7.31. The molecule has 6 heteroatoms. The number of rotatable bonds is 5. The van der Waals surface area contributed by atoms with Crippen LogP contribution in [0, 0.1) is 6.92 Å². The highest BCUT2D eigenvalue weighted by Gasteiger charge is 2.19. The number of aryl methyl sites for hydroxylation is 1. The second kappa shape index (κ2) is 7.76. The molecule has 0 aliphatic heterocycles. The molecule has 5 nitrogen and oxygen atoms in total. The zero-order valence-electron chi connectivity index (χ0n) is 12.5. The molecule has 2 rings (SSSR count). The standard InChI is InChI=1S/C17H16ClNO4/c1-11-7-8-14(13(18)9-11)19-15(20)10-23-17(22)16(21)12-5-3-2-4-6-12/h2-9,16,21H,10H2,1H3,(H,19,20)/t16-/m0/s1. The Morgan fingerprint density at radius 3 is 2.57 bits per heavy atom. The van der Waals surface area contributed by atoms with Gasteiger partial charge in [0.05, 0.1) is 10.7 Å². The number of anilines is 1. The molecule has 1 amide bonds.